The Morgan fingerprint density at radius 3 is 2.43 bits per heavy atom. The van der Waals surface area contributed by atoms with Crippen LogP contribution in [0.15, 0.2) is 47.6 Å². The lowest BCUT2D eigenvalue weighted by Crippen LogP contribution is -2.12. The van der Waals surface area contributed by atoms with E-state index in [1.54, 1.807) is 18.2 Å². The number of nitrogens with zero attached hydrogens (tertiary/aromatic N) is 1. The van der Waals surface area contributed by atoms with E-state index in [4.69, 9.17) is 21.1 Å². The summed E-state index contributed by atoms with van der Waals surface area (Å²) in [5.74, 6) is 1.25. The summed E-state index contributed by atoms with van der Waals surface area (Å²) >= 11 is 6.02. The van der Waals surface area contributed by atoms with Gasteiger partial charge in [-0.05, 0) is 41.3 Å². The first-order valence-corrected chi connectivity index (χ1v) is 9.59. The van der Waals surface area contributed by atoms with Crippen LogP contribution in [-0.2, 0) is 10.2 Å². The maximum Gasteiger partial charge on any atom is 0.236 e. The third kappa shape index (κ3) is 7.24. The molecule has 0 atom stereocenters. The van der Waals surface area contributed by atoms with E-state index < -0.39 is 0 Å². The Balaban J connectivity index is 1.82. The van der Waals surface area contributed by atoms with Gasteiger partial charge in [0.15, 0.2) is 0 Å². The van der Waals surface area contributed by atoms with Crippen molar-refractivity contribution in [2.24, 2.45) is 5.10 Å². The fraction of sp³-hybridized carbons (Fsp3) is 0.364. The molecule has 150 valence electrons. The lowest BCUT2D eigenvalue weighted by atomic mass is 9.87. The number of benzene rings is 2. The molecule has 0 aliphatic rings. The summed E-state index contributed by atoms with van der Waals surface area (Å²) in [4.78, 5) is 10.9. The van der Waals surface area contributed by atoms with E-state index >= 15 is 0 Å². The molecular weight excluding hydrogens is 376 g/mol. The van der Waals surface area contributed by atoms with E-state index in [9.17, 15) is 4.79 Å². The van der Waals surface area contributed by atoms with Crippen LogP contribution < -0.4 is 14.9 Å². The van der Waals surface area contributed by atoms with Gasteiger partial charge in [-0.15, -0.1) is 0 Å². The Morgan fingerprint density at radius 1 is 1.11 bits per heavy atom. The molecule has 0 aromatic heterocycles. The summed E-state index contributed by atoms with van der Waals surface area (Å²) in [6.45, 7) is 8.99. The van der Waals surface area contributed by atoms with Gasteiger partial charge in [0.05, 0.1) is 19.4 Å². The third-order valence-electron chi connectivity index (χ3n) is 3.93. The SMILES string of the molecule is CC(=O)N/N=C/c1cc(Cl)ccc1OCCCOc1ccc(C(C)(C)C)cc1. The molecule has 0 saturated heterocycles. The Hall–Kier alpha value is -2.53. The van der Waals surface area contributed by atoms with Gasteiger partial charge in [-0.25, -0.2) is 5.43 Å². The number of halogens is 1. The first-order valence-electron chi connectivity index (χ1n) is 9.21. The summed E-state index contributed by atoms with van der Waals surface area (Å²) in [6.07, 6.45) is 2.24. The first kappa shape index (κ1) is 21.8. The van der Waals surface area contributed by atoms with Gasteiger partial charge < -0.3 is 9.47 Å². The minimum Gasteiger partial charge on any atom is -0.493 e. The van der Waals surface area contributed by atoms with Gasteiger partial charge >= 0.3 is 0 Å². The molecule has 0 bridgehead atoms. The van der Waals surface area contributed by atoms with Crippen molar-refractivity contribution in [1.82, 2.24) is 5.43 Å². The van der Waals surface area contributed by atoms with Gasteiger partial charge in [-0.2, -0.15) is 5.10 Å². The van der Waals surface area contributed by atoms with Gasteiger partial charge in [0, 0.05) is 23.9 Å². The summed E-state index contributed by atoms with van der Waals surface area (Å²) in [5, 5.41) is 4.43. The highest BCUT2D eigenvalue weighted by Crippen LogP contribution is 2.24. The zero-order valence-corrected chi connectivity index (χ0v) is 17.5. The predicted molar refractivity (Wildman–Crippen MR) is 114 cm³/mol. The molecule has 0 aliphatic carbocycles. The minimum atomic E-state index is -0.242. The van der Waals surface area contributed by atoms with Crippen molar-refractivity contribution in [3.63, 3.8) is 0 Å². The van der Waals surface area contributed by atoms with Crippen molar-refractivity contribution < 1.29 is 14.3 Å². The second-order valence-corrected chi connectivity index (χ2v) is 7.87. The van der Waals surface area contributed by atoms with E-state index in [1.807, 2.05) is 12.1 Å². The Bertz CT molecular complexity index is 812. The molecule has 28 heavy (non-hydrogen) atoms. The minimum absolute atomic E-state index is 0.131. The van der Waals surface area contributed by atoms with Crippen molar-refractivity contribution in [3.05, 3.63) is 58.6 Å². The van der Waals surface area contributed by atoms with E-state index in [-0.39, 0.29) is 11.3 Å². The van der Waals surface area contributed by atoms with Crippen LogP contribution in [0.4, 0.5) is 0 Å². The number of nitrogens with one attached hydrogen (secondary N) is 1. The van der Waals surface area contributed by atoms with Crippen LogP contribution in [0.3, 0.4) is 0 Å². The fourth-order valence-corrected chi connectivity index (χ4v) is 2.61. The summed E-state index contributed by atoms with van der Waals surface area (Å²) < 4.78 is 11.6. The van der Waals surface area contributed by atoms with Crippen LogP contribution in [0.2, 0.25) is 5.02 Å². The predicted octanol–water partition coefficient (Wildman–Crippen LogP) is 4.96. The molecule has 1 N–H and O–H groups in total. The van der Waals surface area contributed by atoms with Gasteiger partial charge in [-0.1, -0.05) is 44.5 Å². The molecule has 0 radical (unpaired) electrons. The molecule has 0 heterocycles. The average molecular weight is 403 g/mol. The molecule has 0 spiro atoms. The van der Waals surface area contributed by atoms with Crippen molar-refractivity contribution in [3.8, 4) is 11.5 Å². The second-order valence-electron chi connectivity index (χ2n) is 7.43. The maximum absolute atomic E-state index is 10.9. The zero-order valence-electron chi connectivity index (χ0n) is 16.8. The monoisotopic (exact) mass is 402 g/mol. The highest BCUT2D eigenvalue weighted by atomic mass is 35.5. The Kier molecular flexibility index (Phi) is 7.88. The van der Waals surface area contributed by atoms with E-state index in [0.717, 1.165) is 12.2 Å². The van der Waals surface area contributed by atoms with Crippen LogP contribution in [-0.4, -0.2) is 25.3 Å². The molecule has 2 aromatic rings. The molecule has 0 aliphatic heterocycles. The summed E-state index contributed by atoms with van der Waals surface area (Å²) in [5.41, 5.74) is 4.46. The lowest BCUT2D eigenvalue weighted by molar-refractivity contribution is -0.118. The van der Waals surface area contributed by atoms with E-state index in [1.165, 1.54) is 18.7 Å². The van der Waals surface area contributed by atoms with Crippen molar-refractivity contribution in [1.29, 1.82) is 0 Å². The van der Waals surface area contributed by atoms with Gasteiger partial charge in [0.25, 0.3) is 0 Å². The number of hydrogen-bond acceptors (Lipinski definition) is 4. The quantitative estimate of drug-likeness (QED) is 0.386. The molecular formula is C22H27ClN2O3. The zero-order chi connectivity index (χ0) is 20.6. The molecule has 5 nitrogen and oxygen atoms in total. The molecule has 2 rings (SSSR count). The van der Waals surface area contributed by atoms with Crippen molar-refractivity contribution in [2.75, 3.05) is 13.2 Å². The third-order valence-corrected chi connectivity index (χ3v) is 4.17. The van der Waals surface area contributed by atoms with E-state index in [2.05, 4.69) is 43.4 Å². The highest BCUT2D eigenvalue weighted by molar-refractivity contribution is 6.30. The van der Waals surface area contributed by atoms with Gasteiger partial charge in [0.1, 0.15) is 11.5 Å². The number of ether oxygens (including phenoxy) is 2. The van der Waals surface area contributed by atoms with Crippen LogP contribution in [0.1, 0.15) is 45.2 Å². The topological polar surface area (TPSA) is 59.9 Å². The Morgan fingerprint density at radius 2 is 1.79 bits per heavy atom. The smallest absolute Gasteiger partial charge is 0.236 e. The summed E-state index contributed by atoms with van der Waals surface area (Å²) in [6, 6.07) is 13.5. The van der Waals surface area contributed by atoms with Crippen LogP contribution in [0.5, 0.6) is 11.5 Å². The van der Waals surface area contributed by atoms with Crippen molar-refractivity contribution >= 4 is 23.7 Å². The van der Waals surface area contributed by atoms with Crippen LogP contribution in [0.25, 0.3) is 0 Å². The fourth-order valence-electron chi connectivity index (χ4n) is 2.43. The number of amides is 1. The summed E-state index contributed by atoms with van der Waals surface area (Å²) in [7, 11) is 0. The molecule has 0 fully saturated rings. The number of rotatable bonds is 8. The average Bonchev–Trinajstić information content (AvgIpc) is 2.62. The largest absolute Gasteiger partial charge is 0.493 e. The standard InChI is InChI=1S/C22H27ClN2O3/c1-16(26)25-24-15-17-14-19(23)8-11-21(17)28-13-5-12-27-20-9-6-18(7-10-20)22(2,3)4/h6-11,14-15H,5,12-13H2,1-4H3,(H,25,26)/b24-15+. The highest BCUT2D eigenvalue weighted by Gasteiger charge is 2.12. The number of carbonyl (C=O) groups is 1. The molecule has 2 aromatic carbocycles. The molecule has 6 heteroatoms. The first-order chi connectivity index (χ1) is 13.3. The van der Waals surface area contributed by atoms with Crippen LogP contribution in [0, 0.1) is 0 Å². The van der Waals surface area contributed by atoms with Crippen molar-refractivity contribution in [2.45, 2.75) is 39.5 Å². The van der Waals surface area contributed by atoms with E-state index in [0.29, 0.717) is 29.5 Å². The number of hydrazone groups is 1. The normalized spacial score (nSPS) is 11.5. The van der Waals surface area contributed by atoms with Crippen LogP contribution >= 0.6 is 11.6 Å². The number of hydrogen-bond donors (Lipinski definition) is 1. The molecule has 1 amide bonds. The second kappa shape index (κ2) is 10.1. The van der Waals surface area contributed by atoms with Gasteiger partial charge in [0.2, 0.25) is 5.91 Å². The van der Waals surface area contributed by atoms with Gasteiger partial charge in [-0.3, -0.25) is 4.79 Å². The maximum atomic E-state index is 10.9. The lowest BCUT2D eigenvalue weighted by Gasteiger charge is -2.19. The molecule has 0 unspecified atom stereocenters. The Labute approximate surface area is 171 Å². The molecule has 0 saturated carbocycles. The number of carbonyl (C=O) groups excluding carboxylic acids is 1.